The first-order valence-corrected chi connectivity index (χ1v) is 7.87. The SMILES string of the molecule is CC(C)Oc1cnccc1-c1nc2cc(C(C)(C)C)ccc2o1. The van der Waals surface area contributed by atoms with Crippen molar-refractivity contribution in [3.63, 3.8) is 0 Å². The van der Waals surface area contributed by atoms with E-state index in [0.717, 1.165) is 16.7 Å². The highest BCUT2D eigenvalue weighted by Gasteiger charge is 2.18. The van der Waals surface area contributed by atoms with Gasteiger partial charge in [-0.1, -0.05) is 26.8 Å². The number of hydrogen-bond acceptors (Lipinski definition) is 4. The average molecular weight is 310 g/mol. The van der Waals surface area contributed by atoms with Crippen LogP contribution in [-0.4, -0.2) is 16.1 Å². The number of hydrogen-bond donors (Lipinski definition) is 0. The van der Waals surface area contributed by atoms with E-state index in [1.165, 1.54) is 5.56 Å². The second-order valence-electron chi connectivity index (χ2n) is 6.99. The first-order chi connectivity index (χ1) is 10.8. The van der Waals surface area contributed by atoms with E-state index in [0.29, 0.717) is 11.6 Å². The largest absolute Gasteiger partial charge is 0.489 e. The van der Waals surface area contributed by atoms with Gasteiger partial charge in [0.15, 0.2) is 11.3 Å². The van der Waals surface area contributed by atoms with Crippen LogP contribution in [0.2, 0.25) is 0 Å². The van der Waals surface area contributed by atoms with Crippen LogP contribution in [0.1, 0.15) is 40.2 Å². The second kappa shape index (κ2) is 5.69. The van der Waals surface area contributed by atoms with Gasteiger partial charge in [0, 0.05) is 6.20 Å². The minimum Gasteiger partial charge on any atom is -0.489 e. The van der Waals surface area contributed by atoms with E-state index < -0.39 is 0 Å². The number of pyridine rings is 1. The second-order valence-corrected chi connectivity index (χ2v) is 6.99. The van der Waals surface area contributed by atoms with Crippen LogP contribution in [0.5, 0.6) is 5.75 Å². The maximum absolute atomic E-state index is 5.93. The predicted molar refractivity (Wildman–Crippen MR) is 91.7 cm³/mol. The lowest BCUT2D eigenvalue weighted by atomic mass is 9.87. The molecule has 2 aromatic heterocycles. The molecule has 0 aliphatic carbocycles. The van der Waals surface area contributed by atoms with Crippen molar-refractivity contribution in [2.24, 2.45) is 0 Å². The van der Waals surface area contributed by atoms with Crippen LogP contribution >= 0.6 is 0 Å². The first-order valence-electron chi connectivity index (χ1n) is 7.87. The van der Waals surface area contributed by atoms with Crippen LogP contribution in [-0.2, 0) is 5.41 Å². The van der Waals surface area contributed by atoms with Crippen molar-refractivity contribution < 1.29 is 9.15 Å². The Hall–Kier alpha value is -2.36. The van der Waals surface area contributed by atoms with Gasteiger partial charge in [0.2, 0.25) is 5.89 Å². The molecule has 0 unspecified atom stereocenters. The Balaban J connectivity index is 2.08. The maximum Gasteiger partial charge on any atom is 0.231 e. The van der Waals surface area contributed by atoms with Crippen molar-refractivity contribution >= 4 is 11.1 Å². The highest BCUT2D eigenvalue weighted by Crippen LogP contribution is 2.33. The molecular weight excluding hydrogens is 288 g/mol. The number of rotatable bonds is 3. The van der Waals surface area contributed by atoms with Crippen LogP contribution in [0.25, 0.3) is 22.6 Å². The van der Waals surface area contributed by atoms with Crippen LogP contribution < -0.4 is 4.74 Å². The number of fused-ring (bicyclic) bond motifs is 1. The van der Waals surface area contributed by atoms with Gasteiger partial charge in [0.05, 0.1) is 17.9 Å². The van der Waals surface area contributed by atoms with Gasteiger partial charge in [0.25, 0.3) is 0 Å². The first kappa shape index (κ1) is 15.5. The monoisotopic (exact) mass is 310 g/mol. The summed E-state index contributed by atoms with van der Waals surface area (Å²) in [5.74, 6) is 1.24. The third kappa shape index (κ3) is 3.21. The molecule has 0 spiro atoms. The third-order valence-corrected chi connectivity index (χ3v) is 3.63. The van der Waals surface area contributed by atoms with Crippen LogP contribution in [0.15, 0.2) is 41.1 Å². The molecule has 2 heterocycles. The Morgan fingerprint density at radius 2 is 1.91 bits per heavy atom. The molecule has 120 valence electrons. The summed E-state index contributed by atoms with van der Waals surface area (Å²) < 4.78 is 11.7. The van der Waals surface area contributed by atoms with E-state index in [1.54, 1.807) is 12.4 Å². The van der Waals surface area contributed by atoms with Crippen molar-refractivity contribution in [3.05, 3.63) is 42.2 Å². The molecule has 3 rings (SSSR count). The minimum absolute atomic E-state index is 0.0646. The van der Waals surface area contributed by atoms with Gasteiger partial charge >= 0.3 is 0 Å². The minimum atomic E-state index is 0.0646. The van der Waals surface area contributed by atoms with Gasteiger partial charge in [-0.2, -0.15) is 0 Å². The molecule has 0 fully saturated rings. The van der Waals surface area contributed by atoms with Gasteiger partial charge in [-0.3, -0.25) is 4.98 Å². The van der Waals surface area contributed by atoms with Gasteiger partial charge in [-0.05, 0) is 43.0 Å². The van der Waals surface area contributed by atoms with Gasteiger partial charge in [-0.15, -0.1) is 0 Å². The van der Waals surface area contributed by atoms with Crippen molar-refractivity contribution in [1.82, 2.24) is 9.97 Å². The smallest absolute Gasteiger partial charge is 0.231 e. The van der Waals surface area contributed by atoms with E-state index in [4.69, 9.17) is 9.15 Å². The summed E-state index contributed by atoms with van der Waals surface area (Å²) >= 11 is 0. The summed E-state index contributed by atoms with van der Waals surface area (Å²) in [5, 5.41) is 0. The predicted octanol–water partition coefficient (Wildman–Crippen LogP) is 4.97. The van der Waals surface area contributed by atoms with E-state index in [9.17, 15) is 0 Å². The van der Waals surface area contributed by atoms with Crippen LogP contribution in [0, 0.1) is 0 Å². The zero-order valence-corrected chi connectivity index (χ0v) is 14.3. The third-order valence-electron chi connectivity index (χ3n) is 3.63. The molecule has 0 radical (unpaired) electrons. The summed E-state index contributed by atoms with van der Waals surface area (Å²) in [5.41, 5.74) is 3.77. The normalized spacial score (nSPS) is 12.1. The Morgan fingerprint density at radius 1 is 1.13 bits per heavy atom. The summed E-state index contributed by atoms with van der Waals surface area (Å²) in [6.07, 6.45) is 3.48. The number of oxazole rings is 1. The Labute approximate surface area is 136 Å². The molecule has 0 aliphatic heterocycles. The lowest BCUT2D eigenvalue weighted by Gasteiger charge is -2.18. The van der Waals surface area contributed by atoms with E-state index in [-0.39, 0.29) is 11.5 Å². The fourth-order valence-electron chi connectivity index (χ4n) is 2.41. The fraction of sp³-hybridized carbons (Fsp3) is 0.368. The number of aromatic nitrogens is 2. The Kier molecular flexibility index (Phi) is 3.84. The molecule has 23 heavy (non-hydrogen) atoms. The Morgan fingerprint density at radius 3 is 2.61 bits per heavy atom. The van der Waals surface area contributed by atoms with E-state index in [1.807, 2.05) is 26.0 Å². The van der Waals surface area contributed by atoms with Crippen molar-refractivity contribution in [2.75, 3.05) is 0 Å². The summed E-state index contributed by atoms with van der Waals surface area (Å²) in [4.78, 5) is 8.78. The molecular formula is C19H22N2O2. The molecule has 0 saturated heterocycles. The molecule has 3 aromatic rings. The molecule has 0 N–H and O–H groups in total. The number of ether oxygens (including phenoxy) is 1. The quantitative estimate of drug-likeness (QED) is 0.685. The summed E-state index contributed by atoms with van der Waals surface area (Å²) in [7, 11) is 0. The number of nitrogens with zero attached hydrogens (tertiary/aromatic N) is 2. The molecule has 0 bridgehead atoms. The summed E-state index contributed by atoms with van der Waals surface area (Å²) in [6, 6.07) is 8.03. The van der Waals surface area contributed by atoms with E-state index >= 15 is 0 Å². The zero-order chi connectivity index (χ0) is 16.6. The highest BCUT2D eigenvalue weighted by atomic mass is 16.5. The average Bonchev–Trinajstić information content (AvgIpc) is 2.89. The van der Waals surface area contributed by atoms with Gasteiger partial charge in [-0.25, -0.2) is 4.98 Å². The maximum atomic E-state index is 5.93. The molecule has 0 amide bonds. The number of benzene rings is 1. The molecule has 1 aromatic carbocycles. The fourth-order valence-corrected chi connectivity index (χ4v) is 2.41. The Bertz CT molecular complexity index is 829. The lowest BCUT2D eigenvalue weighted by Crippen LogP contribution is -2.10. The van der Waals surface area contributed by atoms with Crippen LogP contribution in [0.4, 0.5) is 0 Å². The lowest BCUT2D eigenvalue weighted by molar-refractivity contribution is 0.242. The van der Waals surface area contributed by atoms with Crippen molar-refractivity contribution in [1.29, 1.82) is 0 Å². The molecule has 4 heteroatoms. The van der Waals surface area contributed by atoms with Crippen molar-refractivity contribution in [2.45, 2.75) is 46.1 Å². The van der Waals surface area contributed by atoms with Crippen molar-refractivity contribution in [3.8, 4) is 17.2 Å². The molecule has 4 nitrogen and oxygen atoms in total. The van der Waals surface area contributed by atoms with Gasteiger partial charge in [0.1, 0.15) is 5.52 Å². The standard InChI is InChI=1S/C19H22N2O2/c1-12(2)22-17-11-20-9-8-14(17)18-21-15-10-13(19(3,4)5)6-7-16(15)23-18/h6-12H,1-5H3. The molecule has 0 saturated carbocycles. The summed E-state index contributed by atoms with van der Waals surface area (Å²) in [6.45, 7) is 10.5. The van der Waals surface area contributed by atoms with E-state index in [2.05, 4.69) is 42.9 Å². The topological polar surface area (TPSA) is 48.2 Å². The van der Waals surface area contributed by atoms with Gasteiger partial charge < -0.3 is 9.15 Å². The van der Waals surface area contributed by atoms with Crippen LogP contribution in [0.3, 0.4) is 0 Å². The highest BCUT2D eigenvalue weighted by molar-refractivity contribution is 5.78. The molecule has 0 aliphatic rings. The zero-order valence-electron chi connectivity index (χ0n) is 14.3. The molecule has 0 atom stereocenters.